The van der Waals surface area contributed by atoms with E-state index in [1.165, 1.54) is 12.8 Å². The van der Waals surface area contributed by atoms with Gasteiger partial charge in [-0.15, -0.1) is 0 Å². The first-order valence-corrected chi connectivity index (χ1v) is 6.57. The lowest BCUT2D eigenvalue weighted by molar-refractivity contribution is 0.00419. The topological polar surface area (TPSA) is 38.5 Å². The lowest BCUT2D eigenvalue weighted by atomic mass is 9.90. The Morgan fingerprint density at radius 2 is 2.06 bits per heavy atom. The third-order valence-electron chi connectivity index (χ3n) is 4.11. The number of hydrogen-bond acceptors (Lipinski definition) is 3. The molecule has 1 saturated heterocycles. The number of ether oxygens (including phenoxy) is 1. The Bertz CT molecular complexity index is 190. The highest BCUT2D eigenvalue weighted by molar-refractivity contribution is 4.83. The van der Waals surface area contributed by atoms with Gasteiger partial charge in [0.15, 0.2) is 0 Å². The molecule has 0 amide bonds. The average Bonchev–Trinajstić information content (AvgIpc) is 2.30. The van der Waals surface area contributed by atoms with Gasteiger partial charge in [-0.2, -0.15) is 0 Å². The summed E-state index contributed by atoms with van der Waals surface area (Å²) in [4.78, 5) is 2.45. The average molecular weight is 228 g/mol. The van der Waals surface area contributed by atoms with Crippen LogP contribution in [-0.2, 0) is 4.74 Å². The normalized spacial score (nSPS) is 26.1. The van der Waals surface area contributed by atoms with Crippen molar-refractivity contribution in [1.82, 2.24) is 4.90 Å². The summed E-state index contributed by atoms with van der Waals surface area (Å²) in [6.07, 6.45) is 2.45. The van der Waals surface area contributed by atoms with E-state index in [2.05, 4.69) is 32.7 Å². The highest BCUT2D eigenvalue weighted by Crippen LogP contribution is 2.23. The molecule has 1 aliphatic rings. The highest BCUT2D eigenvalue weighted by Gasteiger charge is 2.29. The number of nitrogens with two attached hydrogens (primary N) is 1. The largest absolute Gasteiger partial charge is 0.381 e. The second-order valence-electron chi connectivity index (χ2n) is 5.43. The Morgan fingerprint density at radius 1 is 1.38 bits per heavy atom. The van der Waals surface area contributed by atoms with Crippen molar-refractivity contribution in [3.8, 4) is 0 Å². The van der Waals surface area contributed by atoms with E-state index in [9.17, 15) is 0 Å². The number of nitrogens with zero attached hydrogens (tertiary/aromatic N) is 1. The minimum atomic E-state index is 0.470. The zero-order valence-corrected chi connectivity index (χ0v) is 11.3. The molecule has 0 radical (unpaired) electrons. The van der Waals surface area contributed by atoms with Crippen molar-refractivity contribution < 1.29 is 4.74 Å². The smallest absolute Gasteiger partial charge is 0.0509 e. The second kappa shape index (κ2) is 6.58. The molecule has 0 aromatic heterocycles. The molecule has 3 unspecified atom stereocenters. The standard InChI is InChI=1S/C13H28N2O/c1-10(2)11(3)15(4)13(8-14)12-6-5-7-16-9-12/h10-13H,5-9,14H2,1-4H3. The van der Waals surface area contributed by atoms with Crippen LogP contribution in [0.4, 0.5) is 0 Å². The summed E-state index contributed by atoms with van der Waals surface area (Å²) < 4.78 is 5.57. The summed E-state index contributed by atoms with van der Waals surface area (Å²) in [5.41, 5.74) is 5.95. The Morgan fingerprint density at radius 3 is 2.50 bits per heavy atom. The first kappa shape index (κ1) is 13.9. The summed E-state index contributed by atoms with van der Waals surface area (Å²) >= 11 is 0. The summed E-state index contributed by atoms with van der Waals surface area (Å²) in [6.45, 7) is 9.38. The van der Waals surface area contributed by atoms with Crippen LogP contribution in [0.1, 0.15) is 33.6 Å². The fourth-order valence-corrected chi connectivity index (χ4v) is 2.53. The van der Waals surface area contributed by atoms with E-state index in [0.29, 0.717) is 23.9 Å². The molecular formula is C13H28N2O. The van der Waals surface area contributed by atoms with Gasteiger partial charge >= 0.3 is 0 Å². The molecule has 0 bridgehead atoms. The molecule has 1 fully saturated rings. The fourth-order valence-electron chi connectivity index (χ4n) is 2.53. The van der Waals surface area contributed by atoms with Crippen LogP contribution in [0.15, 0.2) is 0 Å². The van der Waals surface area contributed by atoms with Gasteiger partial charge < -0.3 is 10.5 Å². The molecule has 0 spiro atoms. The highest BCUT2D eigenvalue weighted by atomic mass is 16.5. The third kappa shape index (κ3) is 3.44. The zero-order valence-electron chi connectivity index (χ0n) is 11.3. The van der Waals surface area contributed by atoms with E-state index in [1.54, 1.807) is 0 Å². The Labute approximate surface area is 100 Å². The Hall–Kier alpha value is -0.120. The van der Waals surface area contributed by atoms with Gasteiger partial charge in [0.05, 0.1) is 6.61 Å². The summed E-state index contributed by atoms with van der Waals surface area (Å²) in [5, 5.41) is 0. The van der Waals surface area contributed by atoms with Gasteiger partial charge in [-0.25, -0.2) is 0 Å². The predicted molar refractivity (Wildman–Crippen MR) is 68.4 cm³/mol. The monoisotopic (exact) mass is 228 g/mol. The number of rotatable bonds is 5. The number of hydrogen-bond donors (Lipinski definition) is 1. The Balaban J connectivity index is 2.57. The molecule has 3 atom stereocenters. The molecule has 0 aliphatic carbocycles. The molecule has 1 aliphatic heterocycles. The summed E-state index contributed by atoms with van der Waals surface area (Å²) in [5.74, 6) is 1.29. The lowest BCUT2D eigenvalue weighted by Crippen LogP contribution is -2.50. The summed E-state index contributed by atoms with van der Waals surface area (Å²) in [7, 11) is 2.21. The van der Waals surface area contributed by atoms with Crippen LogP contribution in [0, 0.1) is 11.8 Å². The van der Waals surface area contributed by atoms with Crippen molar-refractivity contribution in [1.29, 1.82) is 0 Å². The van der Waals surface area contributed by atoms with Crippen LogP contribution in [0.5, 0.6) is 0 Å². The van der Waals surface area contributed by atoms with Gasteiger partial charge in [0.2, 0.25) is 0 Å². The maximum atomic E-state index is 5.95. The molecule has 1 heterocycles. The van der Waals surface area contributed by atoms with E-state index in [1.807, 2.05) is 0 Å². The van der Waals surface area contributed by atoms with Crippen LogP contribution in [0.3, 0.4) is 0 Å². The van der Waals surface area contributed by atoms with Gasteiger partial charge in [0.1, 0.15) is 0 Å². The van der Waals surface area contributed by atoms with Gasteiger partial charge in [-0.05, 0) is 38.6 Å². The van der Waals surface area contributed by atoms with Crippen LogP contribution in [0.2, 0.25) is 0 Å². The molecule has 2 N–H and O–H groups in total. The second-order valence-corrected chi connectivity index (χ2v) is 5.43. The number of likely N-dealkylation sites (N-methyl/N-ethyl adjacent to an activating group) is 1. The first-order chi connectivity index (χ1) is 7.57. The van der Waals surface area contributed by atoms with E-state index < -0.39 is 0 Å². The van der Waals surface area contributed by atoms with Gasteiger partial charge in [0.25, 0.3) is 0 Å². The third-order valence-corrected chi connectivity index (χ3v) is 4.11. The maximum Gasteiger partial charge on any atom is 0.0509 e. The van der Waals surface area contributed by atoms with Gasteiger partial charge in [-0.1, -0.05) is 13.8 Å². The van der Waals surface area contributed by atoms with Crippen LogP contribution in [0.25, 0.3) is 0 Å². The molecule has 0 aromatic rings. The summed E-state index contributed by atoms with van der Waals surface area (Å²) in [6, 6.07) is 1.05. The SMILES string of the molecule is CC(C)C(C)N(C)C(CN)C1CCCOC1. The van der Waals surface area contributed by atoms with Crippen LogP contribution >= 0.6 is 0 Å². The molecule has 0 saturated carbocycles. The molecule has 3 nitrogen and oxygen atoms in total. The van der Waals surface area contributed by atoms with Crippen LogP contribution in [-0.4, -0.2) is 43.8 Å². The van der Waals surface area contributed by atoms with Crippen LogP contribution < -0.4 is 5.73 Å². The maximum absolute atomic E-state index is 5.95. The van der Waals surface area contributed by atoms with E-state index in [4.69, 9.17) is 10.5 Å². The Kier molecular flexibility index (Phi) is 5.73. The zero-order chi connectivity index (χ0) is 12.1. The van der Waals surface area contributed by atoms with E-state index in [0.717, 1.165) is 19.8 Å². The van der Waals surface area contributed by atoms with Crippen molar-refractivity contribution in [3.05, 3.63) is 0 Å². The predicted octanol–water partition coefficient (Wildman–Crippen LogP) is 1.72. The lowest BCUT2D eigenvalue weighted by Gasteiger charge is -2.40. The minimum Gasteiger partial charge on any atom is -0.381 e. The van der Waals surface area contributed by atoms with Crippen molar-refractivity contribution in [2.75, 3.05) is 26.8 Å². The van der Waals surface area contributed by atoms with Crippen molar-refractivity contribution in [2.45, 2.75) is 45.7 Å². The minimum absolute atomic E-state index is 0.470. The molecule has 96 valence electrons. The first-order valence-electron chi connectivity index (χ1n) is 6.57. The molecule has 0 aromatic carbocycles. The molecule has 3 heteroatoms. The van der Waals surface area contributed by atoms with Gasteiger partial charge in [-0.3, -0.25) is 4.90 Å². The molecule has 1 rings (SSSR count). The van der Waals surface area contributed by atoms with Crippen molar-refractivity contribution in [2.24, 2.45) is 17.6 Å². The van der Waals surface area contributed by atoms with Gasteiger partial charge in [0, 0.05) is 25.2 Å². The fraction of sp³-hybridized carbons (Fsp3) is 1.00. The van der Waals surface area contributed by atoms with E-state index >= 15 is 0 Å². The van der Waals surface area contributed by atoms with E-state index in [-0.39, 0.29) is 0 Å². The quantitative estimate of drug-likeness (QED) is 0.778. The molecule has 16 heavy (non-hydrogen) atoms. The van der Waals surface area contributed by atoms with Crippen molar-refractivity contribution >= 4 is 0 Å². The molecular weight excluding hydrogens is 200 g/mol. The van der Waals surface area contributed by atoms with Crippen molar-refractivity contribution in [3.63, 3.8) is 0 Å².